The van der Waals surface area contributed by atoms with Gasteiger partial charge < -0.3 is 9.64 Å². The fourth-order valence-electron chi connectivity index (χ4n) is 3.92. The Morgan fingerprint density at radius 3 is 2.75 bits per heavy atom. The molecule has 0 saturated carbocycles. The maximum atomic E-state index is 12.9. The number of amides is 1. The Bertz CT molecular complexity index is 780. The van der Waals surface area contributed by atoms with Crippen LogP contribution in [0.1, 0.15) is 28.9 Å². The van der Waals surface area contributed by atoms with Gasteiger partial charge in [-0.2, -0.15) is 4.31 Å². The molecule has 3 rings (SSSR count). The number of likely N-dealkylation sites (tertiary alicyclic amines) is 1. The van der Waals surface area contributed by atoms with Gasteiger partial charge in [-0.25, -0.2) is 8.42 Å². The van der Waals surface area contributed by atoms with Crippen molar-refractivity contribution in [3.8, 4) is 0 Å². The van der Waals surface area contributed by atoms with Gasteiger partial charge in [-0.05, 0) is 31.9 Å². The van der Waals surface area contributed by atoms with Crippen molar-refractivity contribution in [2.45, 2.75) is 25.8 Å². The molecule has 2 fully saturated rings. The number of carbonyl (C=O) groups excluding carboxylic acids is 1. The first-order valence-corrected chi connectivity index (χ1v) is 11.7. The highest BCUT2D eigenvalue weighted by molar-refractivity contribution is 7.88. The van der Waals surface area contributed by atoms with Gasteiger partial charge in [0.05, 0.1) is 19.5 Å². The molecule has 156 valence electrons. The third kappa shape index (κ3) is 5.50. The quantitative estimate of drug-likeness (QED) is 0.683. The van der Waals surface area contributed by atoms with Crippen LogP contribution in [0.5, 0.6) is 0 Å². The van der Waals surface area contributed by atoms with E-state index in [4.69, 9.17) is 4.74 Å². The summed E-state index contributed by atoms with van der Waals surface area (Å²) < 4.78 is 31.9. The molecular weight excluding hydrogens is 380 g/mol. The number of aromatic nitrogens is 1. The van der Waals surface area contributed by atoms with Crippen molar-refractivity contribution in [3.63, 3.8) is 0 Å². The lowest BCUT2D eigenvalue weighted by molar-refractivity contribution is 0.0334. The smallest absolute Gasteiger partial charge is 0.254 e. The van der Waals surface area contributed by atoms with Crippen LogP contribution < -0.4 is 0 Å². The minimum atomic E-state index is -3.36. The molecule has 1 amide bonds. The van der Waals surface area contributed by atoms with Crippen molar-refractivity contribution in [2.75, 3.05) is 58.7 Å². The Hall–Kier alpha value is -1.55. The van der Waals surface area contributed by atoms with E-state index in [-0.39, 0.29) is 11.9 Å². The van der Waals surface area contributed by atoms with Crippen LogP contribution in [0.25, 0.3) is 0 Å². The van der Waals surface area contributed by atoms with Crippen molar-refractivity contribution in [3.05, 3.63) is 29.6 Å². The molecule has 28 heavy (non-hydrogen) atoms. The van der Waals surface area contributed by atoms with Gasteiger partial charge in [0.25, 0.3) is 5.91 Å². The van der Waals surface area contributed by atoms with E-state index in [0.29, 0.717) is 45.0 Å². The van der Waals surface area contributed by atoms with Crippen LogP contribution in [0.3, 0.4) is 0 Å². The number of piperidine rings is 1. The van der Waals surface area contributed by atoms with Gasteiger partial charge in [-0.3, -0.25) is 14.7 Å². The van der Waals surface area contributed by atoms with Crippen molar-refractivity contribution >= 4 is 15.9 Å². The average molecular weight is 411 g/mol. The number of morpholine rings is 1. The Balaban J connectivity index is 1.67. The molecule has 0 N–H and O–H groups in total. The Morgan fingerprint density at radius 1 is 1.32 bits per heavy atom. The number of rotatable bonds is 6. The van der Waals surface area contributed by atoms with Gasteiger partial charge in [-0.1, -0.05) is 0 Å². The molecule has 8 nitrogen and oxygen atoms in total. The topological polar surface area (TPSA) is 83.1 Å². The summed E-state index contributed by atoms with van der Waals surface area (Å²) in [6.07, 6.45) is 4.47. The summed E-state index contributed by atoms with van der Waals surface area (Å²) in [6, 6.07) is 3.31. The van der Waals surface area contributed by atoms with Gasteiger partial charge in [0.2, 0.25) is 10.0 Å². The fourth-order valence-corrected chi connectivity index (χ4v) is 5.05. The molecule has 2 saturated heterocycles. The van der Waals surface area contributed by atoms with Gasteiger partial charge in [-0.15, -0.1) is 0 Å². The highest BCUT2D eigenvalue weighted by atomic mass is 32.2. The minimum absolute atomic E-state index is 0.0585. The monoisotopic (exact) mass is 410 g/mol. The van der Waals surface area contributed by atoms with Crippen LogP contribution in [0.2, 0.25) is 0 Å². The summed E-state index contributed by atoms with van der Waals surface area (Å²) in [5.74, 6) is -0.0585. The van der Waals surface area contributed by atoms with Crippen LogP contribution in [0.15, 0.2) is 18.3 Å². The standard InChI is InChI=1S/C19H30N4O4S/c1-16-14-17(5-6-20-16)19(24)22-7-3-4-18(15-22)23(28(2,25)26)9-8-21-10-12-27-13-11-21/h5-6,14,18H,3-4,7-13,15H2,1-2H3/t18-/m0/s1. The molecule has 9 heteroatoms. The summed E-state index contributed by atoms with van der Waals surface area (Å²) in [5, 5.41) is 0. The Kier molecular flexibility index (Phi) is 7.03. The number of pyridine rings is 1. The zero-order valence-electron chi connectivity index (χ0n) is 16.7. The molecule has 3 heterocycles. The summed E-state index contributed by atoms with van der Waals surface area (Å²) >= 11 is 0. The SMILES string of the molecule is Cc1cc(C(=O)N2CCC[C@H](N(CCN3CCOCC3)S(C)(=O)=O)C2)ccn1. The zero-order valence-corrected chi connectivity index (χ0v) is 17.5. The lowest BCUT2D eigenvalue weighted by Gasteiger charge is -2.39. The van der Waals surface area contributed by atoms with E-state index in [1.165, 1.54) is 6.26 Å². The molecule has 2 aliphatic heterocycles. The molecule has 1 aromatic rings. The molecule has 1 atom stereocenters. The second-order valence-electron chi connectivity index (χ2n) is 7.56. The van der Waals surface area contributed by atoms with Crippen LogP contribution in [-0.4, -0.2) is 98.2 Å². The van der Waals surface area contributed by atoms with E-state index in [9.17, 15) is 13.2 Å². The molecule has 0 unspecified atom stereocenters. The molecule has 0 bridgehead atoms. The summed E-state index contributed by atoms with van der Waals surface area (Å²) in [6.45, 7) is 7.10. The van der Waals surface area contributed by atoms with Gasteiger partial charge >= 0.3 is 0 Å². The normalized spacial score (nSPS) is 21.8. The first kappa shape index (κ1) is 21.2. The molecule has 2 aliphatic rings. The third-order valence-electron chi connectivity index (χ3n) is 5.40. The largest absolute Gasteiger partial charge is 0.379 e. The maximum absolute atomic E-state index is 12.9. The lowest BCUT2D eigenvalue weighted by atomic mass is 10.0. The maximum Gasteiger partial charge on any atom is 0.254 e. The number of hydrogen-bond acceptors (Lipinski definition) is 6. The number of sulfonamides is 1. The molecule has 0 aliphatic carbocycles. The number of nitrogens with zero attached hydrogens (tertiary/aromatic N) is 4. The minimum Gasteiger partial charge on any atom is -0.379 e. The van der Waals surface area contributed by atoms with Crippen LogP contribution in [0.4, 0.5) is 0 Å². The Labute approximate surface area is 167 Å². The lowest BCUT2D eigenvalue weighted by Crippen LogP contribution is -2.53. The van der Waals surface area contributed by atoms with Crippen molar-refractivity contribution < 1.29 is 17.9 Å². The molecule has 1 aromatic heterocycles. The number of aryl methyl sites for hydroxylation is 1. The number of hydrogen-bond donors (Lipinski definition) is 0. The highest BCUT2D eigenvalue weighted by Crippen LogP contribution is 2.20. The van der Waals surface area contributed by atoms with Crippen LogP contribution >= 0.6 is 0 Å². The highest BCUT2D eigenvalue weighted by Gasteiger charge is 2.33. The summed E-state index contributed by atoms with van der Waals surface area (Å²) in [7, 11) is -3.36. The predicted molar refractivity (Wildman–Crippen MR) is 107 cm³/mol. The Morgan fingerprint density at radius 2 is 2.07 bits per heavy atom. The van der Waals surface area contributed by atoms with E-state index in [2.05, 4.69) is 9.88 Å². The zero-order chi connectivity index (χ0) is 20.1. The fraction of sp³-hybridized carbons (Fsp3) is 0.684. The van der Waals surface area contributed by atoms with E-state index >= 15 is 0 Å². The van der Waals surface area contributed by atoms with Crippen molar-refractivity contribution in [1.29, 1.82) is 0 Å². The van der Waals surface area contributed by atoms with E-state index in [0.717, 1.165) is 31.6 Å². The number of ether oxygens (including phenoxy) is 1. The predicted octanol–water partition coefficient (Wildman–Crippen LogP) is 0.588. The first-order valence-electron chi connectivity index (χ1n) is 9.83. The van der Waals surface area contributed by atoms with Crippen molar-refractivity contribution in [1.82, 2.24) is 19.1 Å². The molecule has 0 radical (unpaired) electrons. The van der Waals surface area contributed by atoms with E-state index in [1.54, 1.807) is 27.5 Å². The summed E-state index contributed by atoms with van der Waals surface area (Å²) in [4.78, 5) is 21.0. The van der Waals surface area contributed by atoms with Crippen molar-refractivity contribution in [2.24, 2.45) is 0 Å². The van der Waals surface area contributed by atoms with Crippen LogP contribution in [-0.2, 0) is 14.8 Å². The van der Waals surface area contributed by atoms with Gasteiger partial charge in [0, 0.05) is 62.8 Å². The second-order valence-corrected chi connectivity index (χ2v) is 9.50. The number of carbonyl (C=O) groups is 1. The first-order chi connectivity index (χ1) is 13.3. The van der Waals surface area contributed by atoms with Gasteiger partial charge in [0.1, 0.15) is 0 Å². The van der Waals surface area contributed by atoms with E-state index < -0.39 is 10.0 Å². The molecule has 0 aromatic carbocycles. The average Bonchev–Trinajstić information content (AvgIpc) is 2.67. The molecule has 0 spiro atoms. The third-order valence-corrected chi connectivity index (χ3v) is 6.73. The van der Waals surface area contributed by atoms with E-state index in [1.807, 2.05) is 6.92 Å². The molecular formula is C19H30N4O4S. The summed E-state index contributed by atoms with van der Waals surface area (Å²) in [5.41, 5.74) is 1.40. The van der Waals surface area contributed by atoms with Crippen LogP contribution in [0, 0.1) is 6.92 Å². The second kappa shape index (κ2) is 9.30. The van der Waals surface area contributed by atoms with Gasteiger partial charge in [0.15, 0.2) is 0 Å².